The van der Waals surface area contributed by atoms with Gasteiger partial charge in [-0.15, -0.1) is 13.2 Å². The number of nitrogens with zero attached hydrogens (tertiary/aromatic N) is 3. The largest absolute Gasteiger partial charge is 0.573 e. The summed E-state index contributed by atoms with van der Waals surface area (Å²) in [5.74, 6) is -1.74. The van der Waals surface area contributed by atoms with Gasteiger partial charge in [0, 0.05) is 0 Å². The number of nitrogens with two attached hydrogens (primary N) is 2. The molecule has 0 bridgehead atoms. The van der Waals surface area contributed by atoms with Crippen LogP contribution in [-0.4, -0.2) is 39.5 Å². The molecule has 3 aromatic rings. The molecule has 0 spiro atoms. The maximum atomic E-state index is 12.5. The molecule has 10 nitrogen and oxygen atoms in total. The molecule has 5 N–H and O–H groups in total. The Morgan fingerprint density at radius 3 is 2.52 bits per heavy atom. The van der Waals surface area contributed by atoms with E-state index in [0.717, 1.165) is 18.3 Å². The van der Waals surface area contributed by atoms with Crippen molar-refractivity contribution < 1.29 is 32.2 Å². The molecule has 1 aromatic carbocycles. The Bertz CT molecular complexity index is 1100. The molecule has 0 aliphatic rings. The summed E-state index contributed by atoms with van der Waals surface area (Å²) in [6.45, 7) is -0.370. The Balaban J connectivity index is 1.77. The lowest BCUT2D eigenvalue weighted by atomic mass is 10.2. The normalized spacial score (nSPS) is 11.1. The summed E-state index contributed by atoms with van der Waals surface area (Å²) >= 11 is 0. The van der Waals surface area contributed by atoms with Crippen LogP contribution in [0.5, 0.6) is 11.5 Å². The van der Waals surface area contributed by atoms with E-state index in [1.807, 2.05) is 0 Å². The van der Waals surface area contributed by atoms with E-state index in [-0.39, 0.29) is 29.6 Å². The highest BCUT2D eigenvalue weighted by atomic mass is 19.4. The molecule has 31 heavy (non-hydrogen) atoms. The molecular weight excluding hydrogens is 421 g/mol. The Kier molecular flexibility index (Phi) is 5.95. The number of carbonyl (C=O) groups is 2. The van der Waals surface area contributed by atoms with E-state index in [9.17, 15) is 22.8 Å². The van der Waals surface area contributed by atoms with E-state index in [0.29, 0.717) is 5.69 Å². The molecule has 0 fully saturated rings. The van der Waals surface area contributed by atoms with E-state index in [1.54, 1.807) is 24.3 Å². The van der Waals surface area contributed by atoms with Crippen molar-refractivity contribution in [2.45, 2.75) is 6.36 Å². The number of rotatable bonds is 7. The van der Waals surface area contributed by atoms with Crippen molar-refractivity contribution in [1.29, 1.82) is 0 Å². The number of anilines is 2. The number of nitrogen functional groups attached to an aromatic ring is 1. The van der Waals surface area contributed by atoms with Crippen LogP contribution in [-0.2, 0) is 4.79 Å². The summed E-state index contributed by atoms with van der Waals surface area (Å²) in [5, 5.41) is 6.46. The van der Waals surface area contributed by atoms with Crippen LogP contribution in [0.25, 0.3) is 5.69 Å². The molecule has 2 aromatic heterocycles. The third-order valence-corrected chi connectivity index (χ3v) is 3.73. The SMILES string of the molecule is NC(=O)COc1ccccc1-n1ncc(C(=O)Nc2ccc(OC(F)(F)F)cn2)c1N. The zero-order valence-electron chi connectivity index (χ0n) is 15.6. The predicted molar refractivity (Wildman–Crippen MR) is 102 cm³/mol. The Labute approximate surface area is 172 Å². The lowest BCUT2D eigenvalue weighted by Gasteiger charge is -2.11. The van der Waals surface area contributed by atoms with Crippen LogP contribution in [0.3, 0.4) is 0 Å². The van der Waals surface area contributed by atoms with Crippen LogP contribution in [0.1, 0.15) is 10.4 Å². The van der Waals surface area contributed by atoms with Gasteiger partial charge >= 0.3 is 6.36 Å². The van der Waals surface area contributed by atoms with Crippen LogP contribution in [0.2, 0.25) is 0 Å². The Morgan fingerprint density at radius 2 is 1.87 bits per heavy atom. The minimum absolute atomic E-state index is 0.0258. The molecule has 2 amide bonds. The molecule has 2 heterocycles. The maximum absolute atomic E-state index is 12.5. The van der Waals surface area contributed by atoms with Crippen LogP contribution in [0.4, 0.5) is 24.8 Å². The molecule has 0 radical (unpaired) electrons. The summed E-state index contributed by atoms with van der Waals surface area (Å²) in [6.07, 6.45) is -2.86. The second kappa shape index (κ2) is 8.61. The van der Waals surface area contributed by atoms with Gasteiger partial charge in [0.15, 0.2) is 6.61 Å². The molecule has 0 saturated carbocycles. The quantitative estimate of drug-likeness (QED) is 0.512. The molecule has 0 atom stereocenters. The third kappa shape index (κ3) is 5.41. The van der Waals surface area contributed by atoms with Crippen LogP contribution < -0.4 is 26.3 Å². The van der Waals surface area contributed by atoms with Crippen molar-refractivity contribution in [1.82, 2.24) is 14.8 Å². The minimum atomic E-state index is -4.85. The predicted octanol–water partition coefficient (Wildman–Crippen LogP) is 1.86. The van der Waals surface area contributed by atoms with Crippen molar-refractivity contribution in [2.24, 2.45) is 5.73 Å². The number of carbonyl (C=O) groups excluding carboxylic acids is 2. The van der Waals surface area contributed by atoms with Crippen molar-refractivity contribution in [3.8, 4) is 17.2 Å². The molecule has 0 saturated heterocycles. The highest BCUT2D eigenvalue weighted by Crippen LogP contribution is 2.27. The number of pyridine rings is 1. The Morgan fingerprint density at radius 1 is 1.13 bits per heavy atom. The number of hydrogen-bond acceptors (Lipinski definition) is 7. The first kappa shape index (κ1) is 21.4. The smallest absolute Gasteiger partial charge is 0.482 e. The zero-order valence-corrected chi connectivity index (χ0v) is 15.6. The van der Waals surface area contributed by atoms with Gasteiger partial charge in [-0.1, -0.05) is 12.1 Å². The van der Waals surface area contributed by atoms with Gasteiger partial charge in [0.25, 0.3) is 11.8 Å². The fraction of sp³-hybridized carbons (Fsp3) is 0.111. The summed E-state index contributed by atoms with van der Waals surface area (Å²) < 4.78 is 46.9. The van der Waals surface area contributed by atoms with Gasteiger partial charge in [-0.3, -0.25) is 9.59 Å². The van der Waals surface area contributed by atoms with Gasteiger partial charge in [-0.25, -0.2) is 9.67 Å². The number of ether oxygens (including phenoxy) is 2. The van der Waals surface area contributed by atoms with E-state index in [4.69, 9.17) is 16.2 Å². The standard InChI is InChI=1S/C18H15F3N6O4/c19-18(20,21)31-10-5-6-15(24-7-10)26-17(29)11-8-25-27(16(11)23)12-3-1-2-4-13(12)30-9-14(22)28/h1-8H,9,23H2,(H2,22,28)(H,24,26,29). The summed E-state index contributed by atoms with van der Waals surface area (Å²) in [5.41, 5.74) is 11.4. The van der Waals surface area contributed by atoms with Gasteiger partial charge in [0.05, 0.1) is 12.4 Å². The fourth-order valence-electron chi connectivity index (χ4n) is 2.46. The Hall–Kier alpha value is -4.29. The van der Waals surface area contributed by atoms with Crippen LogP contribution in [0, 0.1) is 0 Å². The van der Waals surface area contributed by atoms with Crippen molar-refractivity contribution in [2.75, 3.05) is 17.7 Å². The summed E-state index contributed by atoms with van der Waals surface area (Å²) in [7, 11) is 0. The second-order valence-corrected chi connectivity index (χ2v) is 5.96. The zero-order chi connectivity index (χ0) is 22.6. The number of nitrogens with one attached hydrogen (secondary N) is 1. The first-order valence-corrected chi connectivity index (χ1v) is 8.51. The van der Waals surface area contributed by atoms with Crippen molar-refractivity contribution in [3.63, 3.8) is 0 Å². The first-order chi connectivity index (χ1) is 14.6. The molecule has 0 aliphatic heterocycles. The lowest BCUT2D eigenvalue weighted by Crippen LogP contribution is -2.20. The summed E-state index contributed by atoms with van der Waals surface area (Å²) in [6, 6.07) is 8.62. The number of aromatic nitrogens is 3. The number of halogens is 3. The molecule has 0 aliphatic carbocycles. The number of benzene rings is 1. The van der Waals surface area contributed by atoms with E-state index in [2.05, 4.69) is 20.1 Å². The van der Waals surface area contributed by atoms with Crippen LogP contribution in [0.15, 0.2) is 48.8 Å². The average molecular weight is 436 g/mol. The van der Waals surface area contributed by atoms with Crippen LogP contribution >= 0.6 is 0 Å². The number of para-hydroxylation sites is 2. The van der Waals surface area contributed by atoms with E-state index < -0.39 is 23.9 Å². The monoisotopic (exact) mass is 436 g/mol. The second-order valence-electron chi connectivity index (χ2n) is 5.96. The van der Waals surface area contributed by atoms with Gasteiger partial charge in [-0.05, 0) is 24.3 Å². The van der Waals surface area contributed by atoms with Gasteiger partial charge in [0.2, 0.25) is 0 Å². The highest BCUT2D eigenvalue weighted by Gasteiger charge is 2.31. The van der Waals surface area contributed by atoms with Gasteiger partial charge < -0.3 is 26.3 Å². The van der Waals surface area contributed by atoms with Crippen molar-refractivity contribution >= 4 is 23.5 Å². The molecule has 0 unspecified atom stereocenters. The molecular formula is C18H15F3N6O4. The summed E-state index contributed by atoms with van der Waals surface area (Å²) in [4.78, 5) is 27.2. The molecule has 3 rings (SSSR count). The number of hydrogen-bond donors (Lipinski definition) is 3. The maximum Gasteiger partial charge on any atom is 0.573 e. The van der Waals surface area contributed by atoms with E-state index >= 15 is 0 Å². The molecule has 162 valence electrons. The minimum Gasteiger partial charge on any atom is -0.482 e. The topological polar surface area (TPSA) is 147 Å². The average Bonchev–Trinajstić information content (AvgIpc) is 3.08. The van der Waals surface area contributed by atoms with E-state index in [1.165, 1.54) is 10.9 Å². The third-order valence-electron chi connectivity index (χ3n) is 3.73. The fourth-order valence-corrected chi connectivity index (χ4v) is 2.46. The van der Waals surface area contributed by atoms with Crippen molar-refractivity contribution in [3.05, 3.63) is 54.4 Å². The lowest BCUT2D eigenvalue weighted by molar-refractivity contribution is -0.274. The number of alkyl halides is 3. The highest BCUT2D eigenvalue weighted by molar-refractivity contribution is 6.06. The van der Waals surface area contributed by atoms with Gasteiger partial charge in [0.1, 0.15) is 34.4 Å². The molecule has 13 heteroatoms. The first-order valence-electron chi connectivity index (χ1n) is 8.51. The number of primary amides is 1. The number of amides is 2. The van der Waals surface area contributed by atoms with Gasteiger partial charge in [-0.2, -0.15) is 5.10 Å².